The Morgan fingerprint density at radius 2 is 1.72 bits per heavy atom. The van der Waals surface area contributed by atoms with Crippen LogP contribution in [0.2, 0.25) is 0 Å². The fraction of sp³-hybridized carbons (Fsp3) is 0.778. The highest BCUT2D eigenvalue weighted by Crippen LogP contribution is 2.77. The summed E-state index contributed by atoms with van der Waals surface area (Å²) >= 11 is 0. The van der Waals surface area contributed by atoms with Gasteiger partial charge in [0, 0.05) is 49.6 Å². The van der Waals surface area contributed by atoms with Crippen LogP contribution >= 0.6 is 0 Å². The molecule has 1 aromatic rings. The van der Waals surface area contributed by atoms with Crippen LogP contribution in [0.5, 0.6) is 0 Å². The molecule has 9 nitrogen and oxygen atoms in total. The highest BCUT2D eigenvalue weighted by molar-refractivity contribution is 6.00. The maximum absolute atomic E-state index is 14.2. The molecule has 0 radical (unpaired) electrons. The number of pyridine rings is 1. The Bertz CT molecular complexity index is 1640. The van der Waals surface area contributed by atoms with Crippen molar-refractivity contribution < 1.29 is 29.3 Å². The Morgan fingerprint density at radius 3 is 2.35 bits per heavy atom. The lowest BCUT2D eigenvalue weighted by molar-refractivity contribution is -0.235. The number of rotatable bonds is 12. The predicted octanol–water partition coefficient (Wildman–Crippen LogP) is 7.60. The molecule has 4 N–H and O–H groups in total. The Balaban J connectivity index is 1.29. The molecule has 0 aromatic carbocycles. The molecule has 4 saturated carbocycles. The molecule has 4 fully saturated rings. The first kappa shape index (κ1) is 41.0. The lowest BCUT2D eigenvalue weighted by Gasteiger charge is -2.72. The number of fused-ring (bicyclic) bond motifs is 7. The Hall–Kier alpha value is -2.62. The van der Waals surface area contributed by atoms with Crippen molar-refractivity contribution in [3.8, 4) is 0 Å². The number of allylic oxidation sites excluding steroid dienone is 1. The van der Waals surface area contributed by atoms with E-state index < -0.39 is 28.9 Å². The number of aliphatic hydroxyl groups is 1. The van der Waals surface area contributed by atoms with Gasteiger partial charge in [-0.3, -0.25) is 24.3 Å². The molecule has 5 aliphatic rings. The Morgan fingerprint density at radius 1 is 1.00 bits per heavy atom. The summed E-state index contributed by atoms with van der Waals surface area (Å²) in [6, 6.07) is 5.92. The summed E-state index contributed by atoms with van der Waals surface area (Å²) < 4.78 is 6.18. The summed E-state index contributed by atoms with van der Waals surface area (Å²) in [7, 11) is 0. The minimum absolute atomic E-state index is 0.0337. The smallest absolute Gasteiger partial charge is 0.309 e. The monoisotopic (exact) mass is 748 g/mol. The van der Waals surface area contributed by atoms with E-state index in [2.05, 4.69) is 58.4 Å². The normalized spacial score (nSPS) is 36.6. The first-order valence-electron chi connectivity index (χ1n) is 20.9. The second-order valence-corrected chi connectivity index (χ2v) is 20.4. The van der Waals surface area contributed by atoms with E-state index in [1.54, 1.807) is 20.0 Å². The lowest BCUT2D eigenvalue weighted by atomic mass is 9.33. The van der Waals surface area contributed by atoms with Gasteiger partial charge in [0.2, 0.25) is 0 Å². The van der Waals surface area contributed by atoms with Crippen LogP contribution in [-0.4, -0.2) is 69.7 Å². The van der Waals surface area contributed by atoms with E-state index in [1.165, 1.54) is 5.57 Å². The van der Waals surface area contributed by atoms with E-state index in [1.807, 2.05) is 18.2 Å². The molecule has 0 bridgehead atoms. The third-order valence-electron chi connectivity index (χ3n) is 16.5. The molecular weight excluding hydrogens is 679 g/mol. The van der Waals surface area contributed by atoms with E-state index in [9.17, 15) is 24.6 Å². The number of nitrogens with two attached hydrogens (primary N) is 1. The number of carboxylic acids is 1. The number of carbonyl (C=O) groups excluding carboxylic acids is 2. The SMILES string of the molecule is CC(C)C1=C2C3CCC4C5(C)CCC(OC(=O)CC(C)(C)C(=O)O)C(C)(C)C5CCC4(C)C3(C)CCC2(C(O)CN(CCN)Cc2ccccn2)CC1=O. The van der Waals surface area contributed by atoms with Crippen LogP contribution in [-0.2, 0) is 25.7 Å². The molecule has 1 heterocycles. The zero-order chi connectivity index (χ0) is 39.6. The Labute approximate surface area is 324 Å². The second kappa shape index (κ2) is 14.4. The van der Waals surface area contributed by atoms with Gasteiger partial charge in [0.05, 0.1) is 23.6 Å². The van der Waals surface area contributed by atoms with Crippen LogP contribution in [0.15, 0.2) is 35.5 Å². The standard InChI is InChI=1S/C45H69N3O6/c1-28(2)37-31(49)24-45(34(50)27-48(23-21-46)26-29-12-10-11-22-47-29)20-19-43(8)30(38(37)45)13-14-33-42(7)17-16-35(54-36(51)25-40(3,4)39(52)53)41(5,6)32(42)15-18-44(33,43)9/h10-12,22,28,30,32-35,50H,13-21,23-27,46H2,1-9H3,(H,52,53). The summed E-state index contributed by atoms with van der Waals surface area (Å²) in [5.41, 5.74) is 7.37. The third-order valence-corrected chi connectivity index (χ3v) is 16.5. The first-order chi connectivity index (χ1) is 25.2. The maximum atomic E-state index is 14.2. The quantitative estimate of drug-likeness (QED) is 0.184. The van der Waals surface area contributed by atoms with Crippen molar-refractivity contribution in [3.63, 3.8) is 0 Å². The zero-order valence-electron chi connectivity index (χ0n) is 34.7. The molecule has 0 spiro atoms. The van der Waals surface area contributed by atoms with Crippen molar-refractivity contribution >= 4 is 17.7 Å². The van der Waals surface area contributed by atoms with Crippen LogP contribution < -0.4 is 5.73 Å². The number of hydrogen-bond donors (Lipinski definition) is 3. The van der Waals surface area contributed by atoms with E-state index in [4.69, 9.17) is 10.5 Å². The number of ketones is 1. The van der Waals surface area contributed by atoms with Gasteiger partial charge in [-0.25, -0.2) is 0 Å². The van der Waals surface area contributed by atoms with Gasteiger partial charge in [-0.15, -0.1) is 0 Å². The lowest BCUT2D eigenvalue weighted by Crippen LogP contribution is -2.66. The number of nitrogens with zero attached hydrogens (tertiary/aromatic N) is 2. The van der Waals surface area contributed by atoms with Crippen molar-refractivity contribution in [2.75, 3.05) is 19.6 Å². The van der Waals surface area contributed by atoms with E-state index in [0.717, 1.165) is 62.6 Å². The topological polar surface area (TPSA) is 143 Å². The van der Waals surface area contributed by atoms with E-state index in [0.29, 0.717) is 44.4 Å². The molecule has 9 unspecified atom stereocenters. The molecule has 0 amide bonds. The van der Waals surface area contributed by atoms with Gasteiger partial charge in [-0.1, -0.05) is 60.1 Å². The molecule has 0 saturated heterocycles. The minimum atomic E-state index is -1.17. The summed E-state index contributed by atoms with van der Waals surface area (Å²) in [4.78, 5) is 45.8. The highest BCUT2D eigenvalue weighted by Gasteiger charge is 2.70. The van der Waals surface area contributed by atoms with Gasteiger partial charge in [-0.2, -0.15) is 0 Å². The predicted molar refractivity (Wildman–Crippen MR) is 210 cm³/mol. The van der Waals surface area contributed by atoms with Gasteiger partial charge >= 0.3 is 11.9 Å². The minimum Gasteiger partial charge on any atom is -0.481 e. The number of esters is 1. The van der Waals surface area contributed by atoms with Crippen molar-refractivity contribution in [3.05, 3.63) is 41.2 Å². The zero-order valence-corrected chi connectivity index (χ0v) is 34.7. The summed E-state index contributed by atoms with van der Waals surface area (Å²) in [6.07, 6.45) is 8.83. The molecule has 54 heavy (non-hydrogen) atoms. The van der Waals surface area contributed by atoms with Crippen molar-refractivity contribution in [1.29, 1.82) is 0 Å². The van der Waals surface area contributed by atoms with Crippen molar-refractivity contribution in [2.24, 2.45) is 61.9 Å². The van der Waals surface area contributed by atoms with Crippen molar-refractivity contribution in [1.82, 2.24) is 9.88 Å². The molecule has 9 heteroatoms. The molecule has 1 aromatic heterocycles. The van der Waals surface area contributed by atoms with Crippen molar-refractivity contribution in [2.45, 2.75) is 145 Å². The Kier molecular flexibility index (Phi) is 10.9. The number of aromatic nitrogens is 1. The number of aliphatic carboxylic acids is 1. The van der Waals surface area contributed by atoms with Crippen LogP contribution in [0.1, 0.15) is 132 Å². The molecule has 0 aliphatic heterocycles. The largest absolute Gasteiger partial charge is 0.481 e. The van der Waals surface area contributed by atoms with Gasteiger partial charge in [0.25, 0.3) is 0 Å². The number of Topliss-reactive ketones (excluding diaryl/α,β-unsaturated/α-hetero) is 1. The van der Waals surface area contributed by atoms with Crippen LogP contribution in [0.4, 0.5) is 0 Å². The average molecular weight is 748 g/mol. The van der Waals surface area contributed by atoms with Gasteiger partial charge < -0.3 is 20.7 Å². The summed E-state index contributed by atoms with van der Waals surface area (Å²) in [6.45, 7) is 21.8. The van der Waals surface area contributed by atoms with E-state index in [-0.39, 0.29) is 51.8 Å². The number of carboxylic acid groups (broad SMARTS) is 1. The van der Waals surface area contributed by atoms with Crippen LogP contribution in [0.25, 0.3) is 0 Å². The molecular formula is C45H69N3O6. The maximum Gasteiger partial charge on any atom is 0.309 e. The molecule has 6 rings (SSSR count). The van der Waals surface area contributed by atoms with Gasteiger partial charge in [-0.05, 0) is 123 Å². The first-order valence-corrected chi connectivity index (χ1v) is 20.9. The number of ether oxygens (including phenoxy) is 1. The number of carbonyl (C=O) groups is 3. The second-order valence-electron chi connectivity index (χ2n) is 20.4. The molecule has 5 aliphatic carbocycles. The van der Waals surface area contributed by atoms with Crippen LogP contribution in [0, 0.1) is 56.2 Å². The highest BCUT2D eigenvalue weighted by atomic mass is 16.5. The molecule has 300 valence electrons. The number of aliphatic hydroxyl groups excluding tert-OH is 1. The average Bonchev–Trinajstić information content (AvgIpc) is 3.40. The number of hydrogen-bond acceptors (Lipinski definition) is 8. The van der Waals surface area contributed by atoms with E-state index >= 15 is 0 Å². The summed E-state index contributed by atoms with van der Waals surface area (Å²) in [5, 5.41) is 22.1. The van der Waals surface area contributed by atoms with Gasteiger partial charge in [0.1, 0.15) is 6.10 Å². The fourth-order valence-corrected chi connectivity index (χ4v) is 13.5. The third kappa shape index (κ3) is 6.50. The van der Waals surface area contributed by atoms with Gasteiger partial charge in [0.15, 0.2) is 5.78 Å². The summed E-state index contributed by atoms with van der Waals surface area (Å²) in [5.74, 6) is -0.0335. The fourth-order valence-electron chi connectivity index (χ4n) is 13.5. The van der Waals surface area contributed by atoms with Crippen LogP contribution in [0.3, 0.4) is 0 Å². The molecule has 9 atom stereocenters.